The summed E-state index contributed by atoms with van der Waals surface area (Å²) in [5.41, 5.74) is 4.12. The molecule has 3 rings (SSSR count). The maximum atomic E-state index is 4.42. The van der Waals surface area contributed by atoms with E-state index < -0.39 is 16.1 Å². The average Bonchev–Trinajstić information content (AvgIpc) is 2.85. The van der Waals surface area contributed by atoms with Gasteiger partial charge in [-0.25, -0.2) is 0 Å². The number of benzene rings is 2. The van der Waals surface area contributed by atoms with Gasteiger partial charge in [0.05, 0.1) is 8.07 Å². The Bertz CT molecular complexity index is 1220. The highest BCUT2D eigenvalue weighted by atomic mass is 28.3. The molecular weight excluding hydrogens is 513 g/mol. The number of hydrogen-bond donors (Lipinski definition) is 0. The maximum Gasteiger partial charge on any atom is 0.148 e. The minimum absolute atomic E-state index is 0.300. The molecule has 0 N–H and O–H groups in total. The van der Waals surface area contributed by atoms with Crippen molar-refractivity contribution in [3.63, 3.8) is 0 Å². The highest BCUT2D eigenvalue weighted by Gasteiger charge is 2.58. The van der Waals surface area contributed by atoms with Gasteiger partial charge >= 0.3 is 0 Å². The molecular formula is C38H56Si2. The van der Waals surface area contributed by atoms with Crippen LogP contribution in [-0.2, 0) is 0 Å². The SMILES string of the molecule is C=C(C)C[Si](C1=CC=CCC1)(c1ccccc1)c1ccc(/C=C(/C)C[Si](C(C)(C)C)(C(C)(C)C)C(C)(C)C)cc1. The quantitative estimate of drug-likeness (QED) is 0.219. The molecule has 1 aliphatic rings. The first kappa shape index (κ1) is 32.3. The Balaban J connectivity index is 2.10. The molecule has 0 amide bonds. The van der Waals surface area contributed by atoms with Gasteiger partial charge in [0, 0.05) is 0 Å². The Hall–Kier alpha value is -2.17. The van der Waals surface area contributed by atoms with Gasteiger partial charge in [-0.05, 0) is 69.8 Å². The minimum atomic E-state index is -2.19. The van der Waals surface area contributed by atoms with Gasteiger partial charge in [0.15, 0.2) is 0 Å². The highest BCUT2D eigenvalue weighted by molar-refractivity contribution is 7.07. The second-order valence-electron chi connectivity index (χ2n) is 15.5. The van der Waals surface area contributed by atoms with E-state index in [1.54, 1.807) is 5.20 Å². The summed E-state index contributed by atoms with van der Waals surface area (Å²) in [7, 11) is -4.02. The van der Waals surface area contributed by atoms with Gasteiger partial charge in [-0.1, -0.05) is 158 Å². The number of rotatable bonds is 8. The summed E-state index contributed by atoms with van der Waals surface area (Å²) >= 11 is 0. The first-order valence-corrected chi connectivity index (χ1v) is 19.7. The second kappa shape index (κ2) is 12.0. The van der Waals surface area contributed by atoms with Gasteiger partial charge in [0.1, 0.15) is 8.07 Å². The van der Waals surface area contributed by atoms with Crippen LogP contribution in [0.25, 0.3) is 6.08 Å². The van der Waals surface area contributed by atoms with Gasteiger partial charge in [0.2, 0.25) is 0 Å². The molecule has 0 aliphatic heterocycles. The Morgan fingerprint density at radius 1 is 0.750 bits per heavy atom. The van der Waals surface area contributed by atoms with E-state index in [1.165, 1.54) is 33.1 Å². The summed E-state index contributed by atoms with van der Waals surface area (Å²) in [5.74, 6) is 0. The van der Waals surface area contributed by atoms with E-state index >= 15 is 0 Å². The lowest BCUT2D eigenvalue weighted by molar-refractivity contribution is 0.530. The molecule has 216 valence electrons. The molecule has 0 heterocycles. The number of hydrogen-bond acceptors (Lipinski definition) is 0. The lowest BCUT2D eigenvalue weighted by Crippen LogP contribution is -2.60. The van der Waals surface area contributed by atoms with Gasteiger partial charge in [-0.2, -0.15) is 0 Å². The van der Waals surface area contributed by atoms with Crippen LogP contribution in [0.1, 0.15) is 94.6 Å². The summed E-state index contributed by atoms with van der Waals surface area (Å²) in [6.45, 7) is 31.5. The molecule has 0 aromatic heterocycles. The third-order valence-electron chi connectivity index (χ3n) is 9.60. The Morgan fingerprint density at radius 3 is 1.73 bits per heavy atom. The molecule has 1 unspecified atom stereocenters. The molecule has 1 atom stereocenters. The topological polar surface area (TPSA) is 0 Å². The standard InChI is InChI=1S/C38H56Si2/c1-30(2)28-39(33-19-15-13-16-20-33,34-21-17-14-18-22-34)35-25-23-32(24-26-35)27-31(3)29-40(36(4,5)6,37(7,8)9)38(10,11)12/h13-17,19-21,23-27H,1,18,22,28-29H2,2-12H3/b31-27-. The lowest BCUT2D eigenvalue weighted by Gasteiger charge is -2.60. The molecule has 0 spiro atoms. The predicted octanol–water partition coefficient (Wildman–Crippen LogP) is 10.9. The molecule has 0 saturated carbocycles. The van der Waals surface area contributed by atoms with Crippen LogP contribution in [0, 0.1) is 0 Å². The highest BCUT2D eigenvalue weighted by Crippen LogP contribution is 2.64. The Labute approximate surface area is 249 Å². The molecule has 0 nitrogen and oxygen atoms in total. The van der Waals surface area contributed by atoms with Gasteiger partial charge in [0.25, 0.3) is 0 Å². The van der Waals surface area contributed by atoms with Gasteiger partial charge in [-0.3, -0.25) is 0 Å². The van der Waals surface area contributed by atoms with Crippen molar-refractivity contribution in [1.82, 2.24) is 0 Å². The van der Waals surface area contributed by atoms with Crippen molar-refractivity contribution in [2.24, 2.45) is 0 Å². The van der Waals surface area contributed by atoms with E-state index in [-0.39, 0.29) is 0 Å². The van der Waals surface area contributed by atoms with Crippen molar-refractivity contribution < 1.29 is 0 Å². The molecule has 2 aromatic rings. The van der Waals surface area contributed by atoms with Crippen molar-refractivity contribution in [1.29, 1.82) is 0 Å². The fourth-order valence-electron chi connectivity index (χ4n) is 8.78. The van der Waals surface area contributed by atoms with Gasteiger partial charge < -0.3 is 0 Å². The van der Waals surface area contributed by atoms with Crippen LogP contribution in [0.15, 0.2) is 95.7 Å². The lowest BCUT2D eigenvalue weighted by atomic mass is 10.1. The monoisotopic (exact) mass is 568 g/mol. The van der Waals surface area contributed by atoms with E-state index in [0.717, 1.165) is 18.9 Å². The molecule has 40 heavy (non-hydrogen) atoms. The van der Waals surface area contributed by atoms with Gasteiger partial charge in [-0.15, -0.1) is 6.58 Å². The first-order chi connectivity index (χ1) is 18.5. The molecule has 1 aliphatic carbocycles. The summed E-state index contributed by atoms with van der Waals surface area (Å²) in [5, 5.41) is 5.52. The molecule has 0 fully saturated rings. The van der Waals surface area contributed by atoms with Crippen LogP contribution < -0.4 is 10.4 Å². The van der Waals surface area contributed by atoms with Crippen LogP contribution >= 0.6 is 0 Å². The van der Waals surface area contributed by atoms with Crippen LogP contribution in [0.4, 0.5) is 0 Å². The molecule has 0 saturated heterocycles. The van der Waals surface area contributed by atoms with Crippen LogP contribution in [0.3, 0.4) is 0 Å². The fourth-order valence-corrected chi connectivity index (χ4v) is 23.1. The minimum Gasteiger partial charge on any atom is -0.100 e. The predicted molar refractivity (Wildman–Crippen MR) is 187 cm³/mol. The van der Waals surface area contributed by atoms with Crippen LogP contribution in [-0.4, -0.2) is 16.1 Å². The fraction of sp³-hybridized carbons (Fsp3) is 0.474. The zero-order valence-electron chi connectivity index (χ0n) is 27.5. The maximum absolute atomic E-state index is 4.42. The van der Waals surface area contributed by atoms with E-state index in [1.807, 2.05) is 0 Å². The van der Waals surface area contributed by atoms with E-state index in [4.69, 9.17) is 0 Å². The second-order valence-corrected chi connectivity index (χ2v) is 26.1. The summed E-state index contributed by atoms with van der Waals surface area (Å²) < 4.78 is 0. The number of allylic oxidation sites excluding steroid dienone is 6. The van der Waals surface area contributed by atoms with Crippen molar-refractivity contribution in [2.45, 2.75) is 116 Å². The van der Waals surface area contributed by atoms with Crippen molar-refractivity contribution in [3.05, 3.63) is 101 Å². The molecule has 0 bridgehead atoms. The third kappa shape index (κ3) is 6.34. The Morgan fingerprint density at radius 2 is 1.27 bits per heavy atom. The summed E-state index contributed by atoms with van der Waals surface area (Å²) in [6.07, 6.45) is 11.7. The van der Waals surface area contributed by atoms with E-state index in [0.29, 0.717) is 15.1 Å². The smallest absolute Gasteiger partial charge is 0.100 e. The van der Waals surface area contributed by atoms with E-state index in [2.05, 4.69) is 162 Å². The average molecular weight is 569 g/mol. The summed E-state index contributed by atoms with van der Waals surface area (Å²) in [6, 6.07) is 23.2. The van der Waals surface area contributed by atoms with E-state index in [9.17, 15) is 0 Å². The zero-order chi connectivity index (χ0) is 30.0. The summed E-state index contributed by atoms with van der Waals surface area (Å²) in [4.78, 5) is 0. The molecule has 2 heteroatoms. The normalized spacial score (nSPS) is 16.9. The first-order valence-electron chi connectivity index (χ1n) is 15.3. The third-order valence-corrected chi connectivity index (χ3v) is 23.7. The van der Waals surface area contributed by atoms with Crippen LogP contribution in [0.5, 0.6) is 0 Å². The largest absolute Gasteiger partial charge is 0.148 e. The Kier molecular flexibility index (Phi) is 9.69. The molecule has 2 aromatic carbocycles. The van der Waals surface area contributed by atoms with Crippen molar-refractivity contribution in [2.75, 3.05) is 0 Å². The zero-order valence-corrected chi connectivity index (χ0v) is 29.5. The van der Waals surface area contributed by atoms with Crippen LogP contribution in [0.2, 0.25) is 27.2 Å². The van der Waals surface area contributed by atoms with Crippen molar-refractivity contribution in [3.8, 4) is 0 Å². The van der Waals surface area contributed by atoms with Crippen molar-refractivity contribution >= 4 is 32.6 Å². The molecule has 0 radical (unpaired) electrons.